The van der Waals surface area contributed by atoms with Gasteiger partial charge in [0.15, 0.2) is 5.58 Å². The van der Waals surface area contributed by atoms with Crippen molar-refractivity contribution >= 4 is 32.7 Å². The number of carbonyl (C=O) groups is 1. The molecule has 1 unspecified atom stereocenters. The van der Waals surface area contributed by atoms with Crippen molar-refractivity contribution in [1.82, 2.24) is 10.1 Å². The van der Waals surface area contributed by atoms with Gasteiger partial charge in [-0.05, 0) is 56.5 Å². The molecule has 1 N–H and O–H groups in total. The van der Waals surface area contributed by atoms with Crippen LogP contribution >= 0.6 is 0 Å². The molecule has 38 heavy (non-hydrogen) atoms. The van der Waals surface area contributed by atoms with Crippen LogP contribution in [-0.4, -0.2) is 68.0 Å². The van der Waals surface area contributed by atoms with Gasteiger partial charge in [-0.1, -0.05) is 23.4 Å². The molecule has 0 radical (unpaired) electrons. The zero-order valence-electron chi connectivity index (χ0n) is 21.3. The van der Waals surface area contributed by atoms with E-state index in [9.17, 15) is 17.6 Å². The number of likely N-dealkylation sites (tertiary alicyclic amines) is 1. The molecule has 0 spiro atoms. The Labute approximate surface area is 221 Å². The first-order valence-corrected chi connectivity index (χ1v) is 14.8. The Hall–Kier alpha value is -2.86. The summed E-state index contributed by atoms with van der Waals surface area (Å²) >= 11 is 0. The number of piperidine rings is 1. The maximum atomic E-state index is 13.4. The number of benzene rings is 2. The van der Waals surface area contributed by atoms with Crippen LogP contribution < -0.4 is 4.90 Å². The fourth-order valence-electron chi connectivity index (χ4n) is 5.67. The maximum absolute atomic E-state index is 13.4. The quantitative estimate of drug-likeness (QED) is 0.364. The molecule has 0 bridgehead atoms. The number of rotatable bonds is 6. The molecule has 6 rings (SSSR count). The molecule has 1 fully saturated rings. The SMILES string of the molecule is CS(=O)(=O)O.O=C1CCc2cccc3c2N1CC3OCCCN1CCC(c2noc3cc(F)ccc23)CC1. The van der Waals surface area contributed by atoms with Crippen molar-refractivity contribution < 1.29 is 31.4 Å². The van der Waals surface area contributed by atoms with E-state index in [-0.39, 0.29) is 17.8 Å². The molecule has 1 aromatic heterocycles. The molecule has 2 aromatic carbocycles. The van der Waals surface area contributed by atoms with Crippen LogP contribution in [0.3, 0.4) is 0 Å². The molecule has 3 aliphatic heterocycles. The van der Waals surface area contributed by atoms with Gasteiger partial charge < -0.3 is 19.1 Å². The Balaban J connectivity index is 0.000000540. The van der Waals surface area contributed by atoms with Gasteiger partial charge in [-0.2, -0.15) is 8.42 Å². The zero-order valence-corrected chi connectivity index (χ0v) is 22.1. The van der Waals surface area contributed by atoms with Crippen LogP contribution in [0.25, 0.3) is 11.0 Å². The minimum Gasteiger partial charge on any atom is -0.372 e. The summed E-state index contributed by atoms with van der Waals surface area (Å²) in [6, 6.07) is 11.0. The van der Waals surface area contributed by atoms with Gasteiger partial charge in [0.25, 0.3) is 10.1 Å². The lowest BCUT2D eigenvalue weighted by molar-refractivity contribution is -0.119. The van der Waals surface area contributed by atoms with Crippen molar-refractivity contribution in [2.45, 2.75) is 44.1 Å². The second kappa shape index (κ2) is 11.1. The Bertz CT molecular complexity index is 1410. The standard InChI is InChI=1S/C26H28FN3O3.CH4O3S/c27-19-6-7-20-22(15-19)33-28-25(20)17-9-12-29(13-10-17)11-2-14-32-23-16-30-24(31)8-5-18-3-1-4-21(23)26(18)30;1-5(2,3)4/h1,3-4,6-7,15,17,23H,2,5,8-14,16H2;1H3,(H,2,3,4). The van der Waals surface area contributed by atoms with E-state index in [1.54, 1.807) is 6.07 Å². The summed E-state index contributed by atoms with van der Waals surface area (Å²) in [4.78, 5) is 16.7. The van der Waals surface area contributed by atoms with Crippen LogP contribution in [-0.2, 0) is 26.1 Å². The van der Waals surface area contributed by atoms with E-state index in [4.69, 9.17) is 13.8 Å². The van der Waals surface area contributed by atoms with Crippen LogP contribution in [0.5, 0.6) is 0 Å². The summed E-state index contributed by atoms with van der Waals surface area (Å²) in [7, 11) is -3.67. The average molecular weight is 546 g/mol. The number of hydrogen-bond donors (Lipinski definition) is 1. The molecule has 3 aliphatic rings. The van der Waals surface area contributed by atoms with Crippen molar-refractivity contribution in [3.05, 3.63) is 59.0 Å². The fourth-order valence-corrected chi connectivity index (χ4v) is 5.67. The Morgan fingerprint density at radius 1 is 1.18 bits per heavy atom. The van der Waals surface area contributed by atoms with Crippen molar-refractivity contribution in [2.24, 2.45) is 0 Å². The largest absolute Gasteiger partial charge is 0.372 e. The smallest absolute Gasteiger partial charge is 0.261 e. The first-order valence-electron chi connectivity index (χ1n) is 12.9. The molecular weight excluding hydrogens is 513 g/mol. The molecule has 204 valence electrons. The number of hydrogen-bond acceptors (Lipinski definition) is 7. The molecule has 9 nitrogen and oxygen atoms in total. The van der Waals surface area contributed by atoms with Crippen LogP contribution in [0.15, 0.2) is 40.9 Å². The highest BCUT2D eigenvalue weighted by Crippen LogP contribution is 2.42. The number of amides is 1. The number of fused-ring (bicyclic) bond motifs is 1. The predicted octanol–water partition coefficient (Wildman–Crippen LogP) is 4.09. The normalized spacial score (nSPS) is 19.9. The molecular formula is C27H32FN3O6S. The fraction of sp³-hybridized carbons (Fsp3) is 0.481. The van der Waals surface area contributed by atoms with Gasteiger partial charge in [-0.3, -0.25) is 9.35 Å². The van der Waals surface area contributed by atoms with Gasteiger partial charge in [-0.25, -0.2) is 4.39 Å². The number of nitrogens with zero attached hydrogens (tertiary/aromatic N) is 3. The van der Waals surface area contributed by atoms with Gasteiger partial charge >= 0.3 is 0 Å². The van der Waals surface area contributed by atoms with Gasteiger partial charge in [0.1, 0.15) is 11.9 Å². The van der Waals surface area contributed by atoms with E-state index >= 15 is 0 Å². The zero-order chi connectivity index (χ0) is 26.9. The van der Waals surface area contributed by atoms with E-state index in [1.807, 2.05) is 4.90 Å². The third kappa shape index (κ3) is 6.06. The summed E-state index contributed by atoms with van der Waals surface area (Å²) in [6.45, 7) is 4.36. The number of aryl methyl sites for hydroxylation is 1. The van der Waals surface area contributed by atoms with Crippen molar-refractivity contribution in [3.63, 3.8) is 0 Å². The predicted molar refractivity (Wildman–Crippen MR) is 140 cm³/mol. The van der Waals surface area contributed by atoms with Crippen LogP contribution in [0.1, 0.15) is 54.5 Å². The topological polar surface area (TPSA) is 113 Å². The first kappa shape index (κ1) is 26.7. The summed E-state index contributed by atoms with van der Waals surface area (Å²) < 4.78 is 50.9. The Morgan fingerprint density at radius 3 is 2.71 bits per heavy atom. The summed E-state index contributed by atoms with van der Waals surface area (Å²) in [5.41, 5.74) is 5.03. The van der Waals surface area contributed by atoms with Crippen molar-refractivity contribution in [2.75, 3.05) is 43.9 Å². The molecule has 1 saturated heterocycles. The van der Waals surface area contributed by atoms with Gasteiger partial charge in [0.2, 0.25) is 5.91 Å². The van der Waals surface area contributed by atoms with Gasteiger partial charge in [0, 0.05) is 42.5 Å². The molecule has 11 heteroatoms. The highest BCUT2D eigenvalue weighted by molar-refractivity contribution is 7.85. The second-order valence-electron chi connectivity index (χ2n) is 10.1. The highest BCUT2D eigenvalue weighted by Gasteiger charge is 2.37. The van der Waals surface area contributed by atoms with Crippen LogP contribution in [0, 0.1) is 5.82 Å². The molecule has 1 atom stereocenters. The van der Waals surface area contributed by atoms with Crippen LogP contribution in [0.2, 0.25) is 0 Å². The number of ether oxygens (including phenoxy) is 1. The van der Waals surface area contributed by atoms with Gasteiger partial charge in [-0.15, -0.1) is 0 Å². The lowest BCUT2D eigenvalue weighted by Crippen LogP contribution is -2.34. The van der Waals surface area contributed by atoms with Crippen LogP contribution in [0.4, 0.5) is 10.1 Å². The molecule has 3 aromatic rings. The number of anilines is 1. The third-order valence-electron chi connectivity index (χ3n) is 7.40. The minimum atomic E-state index is -3.67. The number of halogens is 1. The molecule has 0 saturated carbocycles. The molecule has 0 aliphatic carbocycles. The maximum Gasteiger partial charge on any atom is 0.261 e. The third-order valence-corrected chi connectivity index (χ3v) is 7.40. The average Bonchev–Trinajstić information content (AvgIpc) is 3.46. The van der Waals surface area contributed by atoms with Gasteiger partial charge in [0.05, 0.1) is 24.2 Å². The number of para-hydroxylation sites is 1. The number of aromatic nitrogens is 1. The van der Waals surface area contributed by atoms with E-state index in [0.29, 0.717) is 37.3 Å². The molecule has 1 amide bonds. The monoisotopic (exact) mass is 545 g/mol. The summed E-state index contributed by atoms with van der Waals surface area (Å²) in [6.07, 6.45) is 5.15. The summed E-state index contributed by atoms with van der Waals surface area (Å²) in [5.74, 6) is 0.274. The van der Waals surface area contributed by atoms with E-state index in [0.717, 1.165) is 62.1 Å². The van der Waals surface area contributed by atoms with Crippen molar-refractivity contribution in [3.8, 4) is 0 Å². The molecule has 4 heterocycles. The van der Waals surface area contributed by atoms with Crippen molar-refractivity contribution in [1.29, 1.82) is 0 Å². The lowest BCUT2D eigenvalue weighted by atomic mass is 9.91. The van der Waals surface area contributed by atoms with E-state index in [2.05, 4.69) is 28.3 Å². The Morgan fingerprint density at radius 2 is 1.95 bits per heavy atom. The number of carbonyl (C=O) groups excluding carboxylic acids is 1. The second-order valence-corrected chi connectivity index (χ2v) is 11.6. The Kier molecular flexibility index (Phi) is 7.80. The van der Waals surface area contributed by atoms with E-state index < -0.39 is 10.1 Å². The minimum absolute atomic E-state index is 0.0157. The lowest BCUT2D eigenvalue weighted by Gasteiger charge is -2.31. The first-order chi connectivity index (χ1) is 18.2. The highest BCUT2D eigenvalue weighted by atomic mass is 32.2. The summed E-state index contributed by atoms with van der Waals surface area (Å²) in [5, 5.41) is 5.17. The van der Waals surface area contributed by atoms with E-state index in [1.165, 1.54) is 23.3 Å².